The number of benzene rings is 1. The third-order valence-corrected chi connectivity index (χ3v) is 3.65. The fourth-order valence-electron chi connectivity index (χ4n) is 2.42. The molecule has 2 atom stereocenters. The molecule has 0 aliphatic carbocycles. The number of aliphatic hydroxyl groups is 1. The number of rotatable bonds is 5. The first-order chi connectivity index (χ1) is 10.0. The number of hydrogen-bond donors (Lipinski definition) is 2. The molecule has 0 radical (unpaired) electrons. The van der Waals surface area contributed by atoms with Gasteiger partial charge in [-0.2, -0.15) is 0 Å². The molecule has 114 valence electrons. The van der Waals surface area contributed by atoms with Crippen molar-refractivity contribution in [1.82, 2.24) is 0 Å². The van der Waals surface area contributed by atoms with Gasteiger partial charge in [0, 0.05) is 18.8 Å². The van der Waals surface area contributed by atoms with Crippen molar-refractivity contribution in [3.05, 3.63) is 29.8 Å². The SMILES string of the molecule is CC1CCOC1C(=O)N(CCO)c1ccc(C(=O)O)cc1. The van der Waals surface area contributed by atoms with E-state index in [9.17, 15) is 9.59 Å². The van der Waals surface area contributed by atoms with Crippen LogP contribution in [0.4, 0.5) is 5.69 Å². The maximum atomic E-state index is 12.5. The van der Waals surface area contributed by atoms with E-state index in [-0.39, 0.29) is 30.5 Å². The molecular weight excluding hydrogens is 274 g/mol. The minimum absolute atomic E-state index is 0.136. The van der Waals surface area contributed by atoms with Gasteiger partial charge in [0.1, 0.15) is 6.10 Å². The van der Waals surface area contributed by atoms with Gasteiger partial charge in [-0.1, -0.05) is 6.92 Å². The Kier molecular flexibility index (Phi) is 4.93. The van der Waals surface area contributed by atoms with Crippen molar-refractivity contribution in [2.24, 2.45) is 5.92 Å². The van der Waals surface area contributed by atoms with Gasteiger partial charge in [-0.3, -0.25) is 4.79 Å². The van der Waals surface area contributed by atoms with Crippen LogP contribution in [0.15, 0.2) is 24.3 Å². The maximum Gasteiger partial charge on any atom is 0.335 e. The van der Waals surface area contributed by atoms with Crippen LogP contribution in [0.1, 0.15) is 23.7 Å². The summed E-state index contributed by atoms with van der Waals surface area (Å²) in [6.07, 6.45) is 0.331. The Bertz CT molecular complexity index is 513. The second-order valence-electron chi connectivity index (χ2n) is 5.12. The van der Waals surface area contributed by atoms with E-state index in [0.717, 1.165) is 6.42 Å². The highest BCUT2D eigenvalue weighted by atomic mass is 16.5. The molecule has 0 saturated carbocycles. The molecule has 1 aliphatic rings. The van der Waals surface area contributed by atoms with E-state index in [1.807, 2.05) is 6.92 Å². The number of aliphatic hydroxyl groups excluding tert-OH is 1. The lowest BCUT2D eigenvalue weighted by molar-refractivity contribution is -0.128. The molecule has 1 saturated heterocycles. The van der Waals surface area contributed by atoms with Gasteiger partial charge in [-0.25, -0.2) is 4.79 Å². The Balaban J connectivity index is 2.21. The van der Waals surface area contributed by atoms with Crippen LogP contribution in [0.5, 0.6) is 0 Å². The quantitative estimate of drug-likeness (QED) is 0.850. The van der Waals surface area contributed by atoms with Gasteiger partial charge in [0.2, 0.25) is 0 Å². The number of ether oxygens (including phenoxy) is 1. The van der Waals surface area contributed by atoms with Crippen LogP contribution in [0.2, 0.25) is 0 Å². The highest BCUT2D eigenvalue weighted by molar-refractivity contribution is 5.97. The van der Waals surface area contributed by atoms with E-state index >= 15 is 0 Å². The van der Waals surface area contributed by atoms with Gasteiger partial charge >= 0.3 is 5.97 Å². The zero-order valence-electron chi connectivity index (χ0n) is 11.9. The minimum atomic E-state index is -1.02. The molecule has 21 heavy (non-hydrogen) atoms. The first-order valence-electron chi connectivity index (χ1n) is 6.91. The van der Waals surface area contributed by atoms with E-state index in [1.165, 1.54) is 17.0 Å². The van der Waals surface area contributed by atoms with E-state index in [0.29, 0.717) is 12.3 Å². The molecule has 1 aliphatic heterocycles. The molecule has 6 nitrogen and oxygen atoms in total. The third kappa shape index (κ3) is 3.40. The van der Waals surface area contributed by atoms with Crippen LogP contribution in [0.25, 0.3) is 0 Å². The van der Waals surface area contributed by atoms with Gasteiger partial charge in [-0.15, -0.1) is 0 Å². The number of anilines is 1. The summed E-state index contributed by atoms with van der Waals surface area (Å²) in [5, 5.41) is 18.1. The number of amides is 1. The van der Waals surface area contributed by atoms with Crippen LogP contribution in [-0.2, 0) is 9.53 Å². The lowest BCUT2D eigenvalue weighted by Crippen LogP contribution is -2.42. The topological polar surface area (TPSA) is 87.1 Å². The fourth-order valence-corrected chi connectivity index (χ4v) is 2.42. The van der Waals surface area contributed by atoms with Gasteiger partial charge in [0.15, 0.2) is 0 Å². The van der Waals surface area contributed by atoms with Crippen LogP contribution in [0, 0.1) is 5.92 Å². The van der Waals surface area contributed by atoms with Crippen molar-refractivity contribution in [3.63, 3.8) is 0 Å². The number of hydrogen-bond acceptors (Lipinski definition) is 4. The van der Waals surface area contributed by atoms with Crippen molar-refractivity contribution < 1.29 is 24.5 Å². The summed E-state index contributed by atoms with van der Waals surface area (Å²) in [5.74, 6) is -1.08. The molecule has 1 aromatic carbocycles. The first kappa shape index (κ1) is 15.5. The molecular formula is C15H19NO5. The summed E-state index contributed by atoms with van der Waals surface area (Å²) in [6, 6.07) is 6.01. The number of nitrogens with zero attached hydrogens (tertiary/aromatic N) is 1. The molecule has 0 aromatic heterocycles. The molecule has 0 spiro atoms. The number of aromatic carboxylic acids is 1. The molecule has 2 unspecified atom stereocenters. The van der Waals surface area contributed by atoms with Crippen LogP contribution >= 0.6 is 0 Å². The molecule has 1 aromatic rings. The van der Waals surface area contributed by atoms with Crippen molar-refractivity contribution >= 4 is 17.6 Å². The number of carbonyl (C=O) groups excluding carboxylic acids is 1. The Morgan fingerprint density at radius 2 is 2.00 bits per heavy atom. The van der Waals surface area contributed by atoms with Crippen molar-refractivity contribution in [2.45, 2.75) is 19.4 Å². The fraction of sp³-hybridized carbons (Fsp3) is 0.467. The highest BCUT2D eigenvalue weighted by Gasteiger charge is 2.34. The first-order valence-corrected chi connectivity index (χ1v) is 6.91. The highest BCUT2D eigenvalue weighted by Crippen LogP contribution is 2.25. The zero-order valence-corrected chi connectivity index (χ0v) is 11.9. The van der Waals surface area contributed by atoms with E-state index in [1.54, 1.807) is 12.1 Å². The molecule has 2 rings (SSSR count). The standard InChI is InChI=1S/C15H19NO5/c1-10-6-9-21-13(10)14(18)16(7-8-17)12-4-2-11(3-5-12)15(19)20/h2-5,10,13,17H,6-9H2,1H3,(H,19,20). The summed E-state index contributed by atoms with van der Waals surface area (Å²) in [5.41, 5.74) is 0.711. The van der Waals surface area contributed by atoms with Crippen LogP contribution < -0.4 is 4.90 Å². The lowest BCUT2D eigenvalue weighted by Gasteiger charge is -2.26. The molecule has 6 heteroatoms. The number of carbonyl (C=O) groups is 2. The van der Waals surface area contributed by atoms with Crippen molar-refractivity contribution in [1.29, 1.82) is 0 Å². The summed E-state index contributed by atoms with van der Waals surface area (Å²) in [6.45, 7) is 2.49. The molecule has 1 fully saturated rings. The van der Waals surface area contributed by atoms with E-state index in [2.05, 4.69) is 0 Å². The van der Waals surface area contributed by atoms with Gasteiger partial charge in [0.05, 0.1) is 12.2 Å². The largest absolute Gasteiger partial charge is 0.478 e. The van der Waals surface area contributed by atoms with Gasteiger partial charge in [-0.05, 0) is 36.6 Å². The summed E-state index contributed by atoms with van der Waals surface area (Å²) < 4.78 is 5.47. The molecule has 2 N–H and O–H groups in total. The summed E-state index contributed by atoms with van der Waals surface area (Å²) in [4.78, 5) is 24.8. The Morgan fingerprint density at radius 3 is 2.48 bits per heavy atom. The predicted octanol–water partition coefficient (Wildman–Crippen LogP) is 1.14. The Morgan fingerprint density at radius 1 is 1.33 bits per heavy atom. The second-order valence-corrected chi connectivity index (χ2v) is 5.12. The average Bonchev–Trinajstić information content (AvgIpc) is 2.90. The van der Waals surface area contributed by atoms with Gasteiger partial charge < -0.3 is 19.8 Å². The normalized spacial score (nSPS) is 21.2. The number of carboxylic acid groups (broad SMARTS) is 1. The summed E-state index contributed by atoms with van der Waals surface area (Å²) >= 11 is 0. The lowest BCUT2D eigenvalue weighted by atomic mass is 10.0. The monoisotopic (exact) mass is 293 g/mol. The van der Waals surface area contributed by atoms with Crippen molar-refractivity contribution in [3.8, 4) is 0 Å². The van der Waals surface area contributed by atoms with E-state index in [4.69, 9.17) is 14.9 Å². The van der Waals surface area contributed by atoms with Crippen molar-refractivity contribution in [2.75, 3.05) is 24.7 Å². The van der Waals surface area contributed by atoms with Gasteiger partial charge in [0.25, 0.3) is 5.91 Å². The molecule has 1 amide bonds. The molecule has 0 bridgehead atoms. The Labute approximate surface area is 122 Å². The average molecular weight is 293 g/mol. The van der Waals surface area contributed by atoms with Crippen LogP contribution in [-0.4, -0.2) is 48.0 Å². The zero-order chi connectivity index (χ0) is 15.4. The minimum Gasteiger partial charge on any atom is -0.478 e. The maximum absolute atomic E-state index is 12.5. The summed E-state index contributed by atoms with van der Waals surface area (Å²) in [7, 11) is 0. The smallest absolute Gasteiger partial charge is 0.335 e. The Hall–Kier alpha value is -1.92. The molecule has 1 heterocycles. The van der Waals surface area contributed by atoms with Crippen LogP contribution in [0.3, 0.4) is 0 Å². The van der Waals surface area contributed by atoms with E-state index < -0.39 is 12.1 Å². The second kappa shape index (κ2) is 6.69. The number of carboxylic acids is 1. The third-order valence-electron chi connectivity index (χ3n) is 3.65. The predicted molar refractivity (Wildman–Crippen MR) is 76.4 cm³/mol.